The van der Waals surface area contributed by atoms with E-state index >= 15 is 0 Å². The third-order valence-corrected chi connectivity index (χ3v) is 4.92. The van der Waals surface area contributed by atoms with E-state index in [1.54, 1.807) is 7.11 Å². The van der Waals surface area contributed by atoms with Gasteiger partial charge in [-0.05, 0) is 43.9 Å². The topological polar surface area (TPSA) is 47.0 Å². The van der Waals surface area contributed by atoms with Gasteiger partial charge in [-0.2, -0.15) is 0 Å². The number of nitrogens with zero attached hydrogens (tertiary/aromatic N) is 2. The molecule has 5 heteroatoms. The molecule has 0 saturated heterocycles. The van der Waals surface area contributed by atoms with Crippen LogP contribution in [-0.4, -0.2) is 23.1 Å². The second-order valence-corrected chi connectivity index (χ2v) is 6.81. The largest absolute Gasteiger partial charge is 0.497 e. The van der Waals surface area contributed by atoms with E-state index in [1.807, 2.05) is 18.2 Å². The van der Waals surface area contributed by atoms with Crippen LogP contribution in [0.25, 0.3) is 11.3 Å². The number of nitrogens with one attached hydrogen (secondary N) is 1. The van der Waals surface area contributed by atoms with E-state index in [0.29, 0.717) is 11.1 Å². The van der Waals surface area contributed by atoms with Gasteiger partial charge in [-0.1, -0.05) is 45.7 Å². The Morgan fingerprint density at radius 3 is 2.35 bits per heavy atom. The lowest BCUT2D eigenvalue weighted by molar-refractivity contribution is 0.415. The highest BCUT2D eigenvalue weighted by atomic mass is 35.5. The molecule has 0 bridgehead atoms. The van der Waals surface area contributed by atoms with E-state index in [1.165, 1.54) is 0 Å². The van der Waals surface area contributed by atoms with Crippen molar-refractivity contribution >= 4 is 17.4 Å². The number of rotatable bonds is 9. The van der Waals surface area contributed by atoms with Crippen LogP contribution < -0.4 is 10.1 Å². The summed E-state index contributed by atoms with van der Waals surface area (Å²) in [5, 5.41) is 4.24. The highest BCUT2D eigenvalue weighted by Gasteiger charge is 2.17. The van der Waals surface area contributed by atoms with Gasteiger partial charge in [0.1, 0.15) is 11.6 Å². The minimum atomic E-state index is 0.430. The molecule has 0 aliphatic rings. The fraction of sp³-hybridized carbons (Fsp3) is 0.524. The van der Waals surface area contributed by atoms with Gasteiger partial charge in [0.25, 0.3) is 0 Å². The first-order valence-electron chi connectivity index (χ1n) is 9.57. The SMILES string of the molecule is CCCC(CC)Nc1nc(CC)c(-c2ccc(OC)cc2Cl)nc1CC. The van der Waals surface area contributed by atoms with Crippen LogP contribution in [0.2, 0.25) is 5.02 Å². The summed E-state index contributed by atoms with van der Waals surface area (Å²) in [4.78, 5) is 9.87. The number of hydrogen-bond donors (Lipinski definition) is 1. The molecule has 1 aromatic heterocycles. The van der Waals surface area contributed by atoms with Gasteiger partial charge < -0.3 is 10.1 Å². The first-order chi connectivity index (χ1) is 12.6. The summed E-state index contributed by atoms with van der Waals surface area (Å²) in [5.74, 6) is 1.65. The number of aromatic nitrogens is 2. The molecule has 0 fully saturated rings. The predicted octanol–water partition coefficient (Wildman–Crippen LogP) is 5.92. The number of anilines is 1. The molecule has 1 unspecified atom stereocenters. The van der Waals surface area contributed by atoms with Crippen LogP contribution >= 0.6 is 11.6 Å². The quantitative estimate of drug-likeness (QED) is 0.590. The van der Waals surface area contributed by atoms with Gasteiger partial charge in [-0.25, -0.2) is 9.97 Å². The highest BCUT2D eigenvalue weighted by molar-refractivity contribution is 6.33. The summed E-state index contributed by atoms with van der Waals surface area (Å²) in [6.45, 7) is 8.63. The highest BCUT2D eigenvalue weighted by Crippen LogP contribution is 2.33. The van der Waals surface area contributed by atoms with Crippen LogP contribution in [0.1, 0.15) is 58.3 Å². The molecule has 142 valence electrons. The summed E-state index contributed by atoms with van der Waals surface area (Å²) in [7, 11) is 1.64. The maximum atomic E-state index is 6.49. The molecule has 0 aliphatic carbocycles. The second kappa shape index (κ2) is 9.77. The van der Waals surface area contributed by atoms with Crippen molar-refractivity contribution in [1.29, 1.82) is 0 Å². The van der Waals surface area contributed by atoms with Crippen LogP contribution in [-0.2, 0) is 12.8 Å². The Bertz CT molecular complexity index is 733. The zero-order chi connectivity index (χ0) is 19.1. The van der Waals surface area contributed by atoms with Crippen LogP contribution in [0.15, 0.2) is 18.2 Å². The van der Waals surface area contributed by atoms with Gasteiger partial charge in [0.2, 0.25) is 0 Å². The van der Waals surface area contributed by atoms with E-state index in [2.05, 4.69) is 33.0 Å². The van der Waals surface area contributed by atoms with E-state index < -0.39 is 0 Å². The molecule has 1 aromatic carbocycles. The monoisotopic (exact) mass is 375 g/mol. The minimum Gasteiger partial charge on any atom is -0.497 e. The third-order valence-electron chi connectivity index (χ3n) is 4.61. The Morgan fingerprint density at radius 1 is 1.08 bits per heavy atom. The van der Waals surface area contributed by atoms with Crippen molar-refractivity contribution < 1.29 is 4.74 Å². The zero-order valence-electron chi connectivity index (χ0n) is 16.5. The molecule has 0 aliphatic heterocycles. The summed E-state index contributed by atoms with van der Waals surface area (Å²) in [6, 6.07) is 6.13. The molecule has 0 saturated carbocycles. The number of benzene rings is 1. The van der Waals surface area contributed by atoms with Crippen LogP contribution in [0.5, 0.6) is 5.75 Å². The average molecular weight is 376 g/mol. The van der Waals surface area contributed by atoms with Gasteiger partial charge in [0, 0.05) is 11.6 Å². The first-order valence-corrected chi connectivity index (χ1v) is 9.95. The fourth-order valence-electron chi connectivity index (χ4n) is 3.06. The summed E-state index contributed by atoms with van der Waals surface area (Å²) in [6.07, 6.45) is 4.98. The number of methoxy groups -OCH3 is 1. The molecule has 2 rings (SSSR count). The molecular formula is C21H30ClN3O. The van der Waals surface area contributed by atoms with Crippen molar-refractivity contribution in [3.8, 4) is 17.0 Å². The Balaban J connectivity index is 2.48. The van der Waals surface area contributed by atoms with E-state index in [4.69, 9.17) is 26.3 Å². The molecule has 0 amide bonds. The Labute approximate surface area is 162 Å². The predicted molar refractivity (Wildman–Crippen MR) is 110 cm³/mol. The standard InChI is InChI=1S/C21H30ClN3O/c1-6-10-14(7-2)23-21-19(9-4)24-20(18(8-3)25-21)16-12-11-15(26-5)13-17(16)22/h11-14H,6-10H2,1-5H3,(H,23,25). The van der Waals surface area contributed by atoms with E-state index in [-0.39, 0.29) is 0 Å². The Hall–Kier alpha value is -1.81. The third kappa shape index (κ3) is 4.67. The number of ether oxygens (including phenoxy) is 1. The lowest BCUT2D eigenvalue weighted by Crippen LogP contribution is -2.21. The molecule has 0 radical (unpaired) electrons. The van der Waals surface area contributed by atoms with E-state index in [0.717, 1.165) is 66.3 Å². The molecule has 26 heavy (non-hydrogen) atoms. The number of hydrogen-bond acceptors (Lipinski definition) is 4. The minimum absolute atomic E-state index is 0.430. The van der Waals surface area contributed by atoms with E-state index in [9.17, 15) is 0 Å². The van der Waals surface area contributed by atoms with Crippen LogP contribution in [0.3, 0.4) is 0 Å². The molecule has 1 N–H and O–H groups in total. The van der Waals surface area contributed by atoms with Gasteiger partial charge in [-0.15, -0.1) is 0 Å². The molecule has 4 nitrogen and oxygen atoms in total. The van der Waals surface area contributed by atoms with Crippen molar-refractivity contribution in [2.75, 3.05) is 12.4 Å². The van der Waals surface area contributed by atoms with Gasteiger partial charge >= 0.3 is 0 Å². The maximum Gasteiger partial charge on any atom is 0.148 e. The summed E-state index contributed by atoms with van der Waals surface area (Å²) < 4.78 is 5.26. The van der Waals surface area contributed by atoms with Crippen molar-refractivity contribution in [1.82, 2.24) is 9.97 Å². The van der Waals surface area contributed by atoms with Gasteiger partial charge in [-0.3, -0.25) is 0 Å². The zero-order valence-corrected chi connectivity index (χ0v) is 17.3. The number of aryl methyl sites for hydroxylation is 2. The van der Waals surface area contributed by atoms with Crippen LogP contribution in [0.4, 0.5) is 5.82 Å². The Kier molecular flexibility index (Phi) is 7.70. The summed E-state index contributed by atoms with van der Waals surface area (Å²) >= 11 is 6.49. The molecule has 1 heterocycles. The second-order valence-electron chi connectivity index (χ2n) is 6.41. The van der Waals surface area contributed by atoms with Crippen molar-refractivity contribution in [2.24, 2.45) is 0 Å². The molecular weight excluding hydrogens is 346 g/mol. The molecule has 0 spiro atoms. The number of halogens is 1. The van der Waals surface area contributed by atoms with Crippen molar-refractivity contribution in [3.63, 3.8) is 0 Å². The lowest BCUT2D eigenvalue weighted by Gasteiger charge is -2.20. The summed E-state index contributed by atoms with van der Waals surface area (Å²) in [5.41, 5.74) is 3.71. The lowest BCUT2D eigenvalue weighted by atomic mass is 10.1. The van der Waals surface area contributed by atoms with Gasteiger partial charge in [0.15, 0.2) is 0 Å². The molecule has 1 atom stereocenters. The fourth-order valence-corrected chi connectivity index (χ4v) is 3.32. The Morgan fingerprint density at radius 2 is 1.81 bits per heavy atom. The van der Waals surface area contributed by atoms with Gasteiger partial charge in [0.05, 0.1) is 29.2 Å². The van der Waals surface area contributed by atoms with Crippen molar-refractivity contribution in [3.05, 3.63) is 34.6 Å². The smallest absolute Gasteiger partial charge is 0.148 e. The first kappa shape index (κ1) is 20.5. The maximum absolute atomic E-state index is 6.49. The van der Waals surface area contributed by atoms with Crippen LogP contribution in [0, 0.1) is 0 Å². The van der Waals surface area contributed by atoms with Crippen molar-refractivity contribution in [2.45, 2.75) is 65.8 Å². The normalized spacial score (nSPS) is 12.1. The average Bonchev–Trinajstić information content (AvgIpc) is 2.67. The molecule has 2 aromatic rings.